The summed E-state index contributed by atoms with van der Waals surface area (Å²) in [5.74, 6) is -6.66. The summed E-state index contributed by atoms with van der Waals surface area (Å²) in [6.45, 7) is 3.60. The van der Waals surface area contributed by atoms with Crippen LogP contribution in [0.1, 0.15) is 57.2 Å². The van der Waals surface area contributed by atoms with E-state index in [4.69, 9.17) is 16.3 Å². The number of aromatic hydroxyl groups is 2. The minimum atomic E-state index is -1.26. The first-order valence-electron chi connectivity index (χ1n) is 10.5. The van der Waals surface area contributed by atoms with E-state index in [0.29, 0.717) is 18.4 Å². The highest BCUT2D eigenvalue weighted by molar-refractivity contribution is 6.33. The number of benzene rings is 3. The fraction of sp³-hybridized carbons (Fsp3) is 0.200. The SMILES string of the molecule is CCCCOc1c(F)c2c(c(F)c1Nc1c(C)cccc1Cl)C(=O)c1c(O)ccc(O)c1C2=O. The van der Waals surface area contributed by atoms with E-state index in [2.05, 4.69) is 5.32 Å². The van der Waals surface area contributed by atoms with Crippen LogP contribution in [0.5, 0.6) is 17.2 Å². The van der Waals surface area contributed by atoms with Gasteiger partial charge in [0, 0.05) is 0 Å². The molecule has 0 saturated carbocycles. The lowest BCUT2D eigenvalue weighted by Gasteiger charge is -2.24. The van der Waals surface area contributed by atoms with Crippen LogP contribution in [0.2, 0.25) is 5.02 Å². The molecule has 0 amide bonds. The molecule has 0 atom stereocenters. The van der Waals surface area contributed by atoms with Gasteiger partial charge in [0.1, 0.15) is 17.2 Å². The van der Waals surface area contributed by atoms with E-state index in [1.807, 2.05) is 6.92 Å². The average molecular weight is 488 g/mol. The molecule has 9 heteroatoms. The molecule has 0 spiro atoms. The van der Waals surface area contributed by atoms with Gasteiger partial charge in [0.25, 0.3) is 0 Å². The molecule has 0 radical (unpaired) electrons. The van der Waals surface area contributed by atoms with E-state index in [1.165, 1.54) is 0 Å². The Kier molecular flexibility index (Phi) is 6.18. The number of fused-ring (bicyclic) bond motifs is 2. The van der Waals surface area contributed by atoms with Crippen molar-refractivity contribution in [2.75, 3.05) is 11.9 Å². The van der Waals surface area contributed by atoms with Gasteiger partial charge in [-0.1, -0.05) is 37.1 Å². The largest absolute Gasteiger partial charge is 0.507 e. The Bertz CT molecular complexity index is 1340. The smallest absolute Gasteiger partial charge is 0.201 e. The van der Waals surface area contributed by atoms with Crippen molar-refractivity contribution in [3.8, 4) is 17.2 Å². The van der Waals surface area contributed by atoms with Crippen LogP contribution in [0, 0.1) is 18.6 Å². The van der Waals surface area contributed by atoms with Gasteiger partial charge in [0.15, 0.2) is 17.4 Å². The zero-order valence-electron chi connectivity index (χ0n) is 18.3. The number of carbonyl (C=O) groups excluding carboxylic acids is 2. The predicted molar refractivity (Wildman–Crippen MR) is 123 cm³/mol. The number of hydrogen-bond acceptors (Lipinski definition) is 6. The van der Waals surface area contributed by atoms with Crippen LogP contribution in [0.3, 0.4) is 0 Å². The second-order valence-electron chi connectivity index (χ2n) is 7.85. The van der Waals surface area contributed by atoms with Gasteiger partial charge in [-0.3, -0.25) is 9.59 Å². The monoisotopic (exact) mass is 487 g/mol. The number of halogens is 3. The van der Waals surface area contributed by atoms with Crippen LogP contribution in [-0.2, 0) is 0 Å². The number of ketones is 2. The van der Waals surface area contributed by atoms with Gasteiger partial charge in [0.2, 0.25) is 11.6 Å². The third kappa shape index (κ3) is 3.64. The molecule has 0 saturated heterocycles. The van der Waals surface area contributed by atoms with Crippen LogP contribution in [0.25, 0.3) is 0 Å². The summed E-state index contributed by atoms with van der Waals surface area (Å²) in [5, 5.41) is 23.3. The molecule has 0 heterocycles. The van der Waals surface area contributed by atoms with Gasteiger partial charge in [0.05, 0.1) is 39.6 Å². The number of rotatable bonds is 6. The topological polar surface area (TPSA) is 95.9 Å². The molecular formula is C25H20ClF2NO5. The Morgan fingerprint density at radius 2 is 1.50 bits per heavy atom. The van der Waals surface area contributed by atoms with Crippen molar-refractivity contribution in [1.82, 2.24) is 0 Å². The fourth-order valence-electron chi connectivity index (χ4n) is 3.87. The van der Waals surface area contributed by atoms with E-state index in [9.17, 15) is 19.8 Å². The quantitative estimate of drug-likeness (QED) is 0.227. The van der Waals surface area contributed by atoms with Crippen molar-refractivity contribution in [3.05, 3.63) is 74.8 Å². The molecule has 3 aromatic carbocycles. The number of phenolic OH excluding ortho intramolecular Hbond substituents is 2. The summed E-state index contributed by atoms with van der Waals surface area (Å²) < 4.78 is 37.3. The van der Waals surface area contributed by atoms with Gasteiger partial charge in [-0.2, -0.15) is 0 Å². The number of unbranched alkanes of at least 4 members (excludes halogenated alkanes) is 1. The third-order valence-corrected chi connectivity index (χ3v) is 5.94. The van der Waals surface area contributed by atoms with Crippen molar-refractivity contribution in [2.45, 2.75) is 26.7 Å². The second-order valence-corrected chi connectivity index (χ2v) is 8.26. The number of nitrogens with one attached hydrogen (secondary N) is 1. The minimum absolute atomic E-state index is 0.0204. The number of hydrogen-bond donors (Lipinski definition) is 3. The summed E-state index contributed by atoms with van der Waals surface area (Å²) in [5.41, 5.74) is -2.58. The maximum Gasteiger partial charge on any atom is 0.201 e. The maximum absolute atomic E-state index is 15.9. The molecule has 34 heavy (non-hydrogen) atoms. The number of anilines is 2. The first-order chi connectivity index (χ1) is 16.2. The van der Waals surface area contributed by atoms with Crippen molar-refractivity contribution in [3.63, 3.8) is 0 Å². The minimum Gasteiger partial charge on any atom is -0.507 e. The first-order valence-corrected chi connectivity index (χ1v) is 10.9. The van der Waals surface area contributed by atoms with E-state index in [0.717, 1.165) is 12.1 Å². The first kappa shape index (κ1) is 23.5. The molecule has 0 aromatic heterocycles. The highest BCUT2D eigenvalue weighted by atomic mass is 35.5. The Balaban J connectivity index is 2.00. The Morgan fingerprint density at radius 1 is 0.912 bits per heavy atom. The summed E-state index contributed by atoms with van der Waals surface area (Å²) in [6, 6.07) is 6.91. The van der Waals surface area contributed by atoms with E-state index >= 15 is 8.78 Å². The van der Waals surface area contributed by atoms with Gasteiger partial charge in [-0.05, 0) is 37.1 Å². The number of carbonyl (C=O) groups is 2. The van der Waals surface area contributed by atoms with Gasteiger partial charge in [-0.25, -0.2) is 8.78 Å². The highest BCUT2D eigenvalue weighted by Gasteiger charge is 2.42. The van der Waals surface area contributed by atoms with Crippen LogP contribution >= 0.6 is 11.6 Å². The van der Waals surface area contributed by atoms with E-state index in [1.54, 1.807) is 25.1 Å². The zero-order chi connectivity index (χ0) is 24.7. The second kappa shape index (κ2) is 8.95. The lowest BCUT2D eigenvalue weighted by molar-refractivity contribution is 0.0966. The number of phenols is 2. The molecule has 6 nitrogen and oxygen atoms in total. The van der Waals surface area contributed by atoms with Crippen molar-refractivity contribution in [2.24, 2.45) is 0 Å². The number of para-hydroxylation sites is 1. The Labute approximate surface area is 198 Å². The summed E-state index contributed by atoms with van der Waals surface area (Å²) >= 11 is 6.25. The summed E-state index contributed by atoms with van der Waals surface area (Å²) in [7, 11) is 0. The molecule has 0 aliphatic heterocycles. The summed E-state index contributed by atoms with van der Waals surface area (Å²) in [4.78, 5) is 26.3. The van der Waals surface area contributed by atoms with Crippen LogP contribution in [0.4, 0.5) is 20.2 Å². The van der Waals surface area contributed by atoms with Gasteiger partial charge in [-0.15, -0.1) is 0 Å². The van der Waals surface area contributed by atoms with Crippen LogP contribution in [0.15, 0.2) is 30.3 Å². The zero-order valence-corrected chi connectivity index (χ0v) is 19.0. The molecule has 0 fully saturated rings. The summed E-state index contributed by atoms with van der Waals surface area (Å²) in [6.07, 6.45) is 1.23. The maximum atomic E-state index is 15.9. The number of ether oxygens (including phenoxy) is 1. The van der Waals surface area contributed by atoms with E-state index < -0.39 is 68.4 Å². The molecule has 3 N–H and O–H groups in total. The molecular weight excluding hydrogens is 468 g/mol. The van der Waals surface area contributed by atoms with E-state index in [-0.39, 0.29) is 17.3 Å². The van der Waals surface area contributed by atoms with Crippen molar-refractivity contribution >= 4 is 34.5 Å². The van der Waals surface area contributed by atoms with Crippen molar-refractivity contribution < 1.29 is 33.3 Å². The molecule has 1 aliphatic rings. The third-order valence-electron chi connectivity index (χ3n) is 5.62. The van der Waals surface area contributed by atoms with Crippen LogP contribution in [-0.4, -0.2) is 28.4 Å². The molecule has 176 valence electrons. The fourth-order valence-corrected chi connectivity index (χ4v) is 4.13. The molecule has 0 bridgehead atoms. The van der Waals surface area contributed by atoms with Crippen molar-refractivity contribution in [1.29, 1.82) is 0 Å². The lowest BCUT2D eigenvalue weighted by atomic mass is 9.82. The molecule has 4 rings (SSSR count). The molecule has 0 unspecified atom stereocenters. The molecule has 3 aromatic rings. The molecule has 1 aliphatic carbocycles. The Hall–Kier alpha value is -3.65. The lowest BCUT2D eigenvalue weighted by Crippen LogP contribution is -2.25. The normalized spacial score (nSPS) is 12.4. The van der Waals surface area contributed by atoms with Gasteiger partial charge < -0.3 is 20.3 Å². The predicted octanol–water partition coefficient (Wildman–Crippen LogP) is 6.04. The van der Waals surface area contributed by atoms with Gasteiger partial charge >= 0.3 is 0 Å². The Morgan fingerprint density at radius 3 is 2.06 bits per heavy atom. The average Bonchev–Trinajstić information content (AvgIpc) is 2.79. The highest BCUT2D eigenvalue weighted by Crippen LogP contribution is 2.46. The number of aryl methyl sites for hydroxylation is 1. The standard InChI is InChI=1S/C25H20ClF2NO5/c1-3-4-10-34-25-20(28)18-17(19(27)22(25)29-21-11(2)6-5-7-12(21)26)23(32)15-13(30)8-9-14(31)16(15)24(18)33/h5-9,29-31H,3-4,10H2,1-2H3. The van der Waals surface area contributed by atoms with Crippen LogP contribution < -0.4 is 10.1 Å².